The van der Waals surface area contributed by atoms with E-state index in [0.29, 0.717) is 24.6 Å². The second-order valence-corrected chi connectivity index (χ2v) is 9.14. The van der Waals surface area contributed by atoms with Gasteiger partial charge in [0.2, 0.25) is 5.91 Å². The van der Waals surface area contributed by atoms with Gasteiger partial charge in [-0.25, -0.2) is 9.78 Å². The number of urea groups is 1. The lowest BCUT2D eigenvalue weighted by Crippen LogP contribution is -2.36. The first-order valence-electron chi connectivity index (χ1n) is 10.5. The highest BCUT2D eigenvalue weighted by atomic mass is 32.1. The van der Waals surface area contributed by atoms with E-state index in [1.54, 1.807) is 0 Å². The minimum Gasteiger partial charge on any atom is -0.335 e. The zero-order valence-electron chi connectivity index (χ0n) is 17.3. The average Bonchev–Trinajstić information content (AvgIpc) is 3.36. The third kappa shape index (κ3) is 5.77. The van der Waals surface area contributed by atoms with E-state index in [9.17, 15) is 22.8 Å². The summed E-state index contributed by atoms with van der Waals surface area (Å²) >= 11 is 1.38. The van der Waals surface area contributed by atoms with Crippen LogP contribution in [0.15, 0.2) is 24.3 Å². The molecule has 1 fully saturated rings. The lowest BCUT2D eigenvalue weighted by Gasteiger charge is -2.25. The molecule has 0 spiro atoms. The van der Waals surface area contributed by atoms with Crippen molar-refractivity contribution in [3.8, 4) is 0 Å². The van der Waals surface area contributed by atoms with Crippen LogP contribution in [-0.4, -0.2) is 41.0 Å². The van der Waals surface area contributed by atoms with Gasteiger partial charge < -0.3 is 10.6 Å². The molecular weight excluding hydrogens is 443 g/mol. The van der Waals surface area contributed by atoms with Crippen LogP contribution < -0.4 is 16.0 Å². The molecule has 2 aromatic rings. The molecule has 2 aliphatic rings. The van der Waals surface area contributed by atoms with E-state index in [1.807, 2.05) is 4.90 Å². The maximum atomic E-state index is 12.8. The molecule has 1 aromatic heterocycles. The summed E-state index contributed by atoms with van der Waals surface area (Å²) in [5, 5.41) is 8.82. The number of thiazole rings is 1. The molecule has 2 heterocycles. The number of carbonyl (C=O) groups excluding carboxylic acids is 2. The summed E-state index contributed by atoms with van der Waals surface area (Å²) in [6, 6.07) is 4.55. The number of aromatic nitrogens is 1. The number of alkyl halides is 3. The number of nitrogens with zero attached hydrogens (tertiary/aromatic N) is 2. The van der Waals surface area contributed by atoms with Crippen LogP contribution in [0.25, 0.3) is 0 Å². The van der Waals surface area contributed by atoms with Crippen molar-refractivity contribution < 1.29 is 22.8 Å². The summed E-state index contributed by atoms with van der Waals surface area (Å²) in [5.74, 6) is -0.383. The molecule has 172 valence electrons. The Labute approximate surface area is 187 Å². The lowest BCUT2D eigenvalue weighted by atomic mass is 10.1. The first kappa shape index (κ1) is 22.5. The maximum Gasteiger partial charge on any atom is 0.416 e. The van der Waals surface area contributed by atoms with Gasteiger partial charge in [0, 0.05) is 36.1 Å². The molecule has 11 heteroatoms. The molecule has 1 aliphatic carbocycles. The zero-order valence-corrected chi connectivity index (χ0v) is 18.1. The standard InChI is InChI=1S/C21H24F3N5O2S/c22-21(23,24)13-4-3-7-15(10-13)25-18(30)12-29-9-8-16-17(11-29)32-20(27-16)28-19(31)26-14-5-1-2-6-14/h3-4,7,10,14H,1-2,5-6,8-9,11-12H2,(H,25,30)(H2,26,27,28,31). The van der Waals surface area contributed by atoms with Gasteiger partial charge in [0.1, 0.15) is 0 Å². The van der Waals surface area contributed by atoms with E-state index in [2.05, 4.69) is 20.9 Å². The number of hydrogen-bond acceptors (Lipinski definition) is 5. The smallest absolute Gasteiger partial charge is 0.335 e. The molecule has 0 radical (unpaired) electrons. The van der Waals surface area contributed by atoms with Gasteiger partial charge in [0.25, 0.3) is 0 Å². The minimum atomic E-state index is -4.46. The molecule has 3 amide bonds. The first-order chi connectivity index (χ1) is 15.3. The number of hydrogen-bond donors (Lipinski definition) is 3. The van der Waals surface area contributed by atoms with Crippen LogP contribution in [0.3, 0.4) is 0 Å². The Morgan fingerprint density at radius 3 is 2.72 bits per heavy atom. The number of amides is 3. The number of fused-ring (bicyclic) bond motifs is 1. The Morgan fingerprint density at radius 2 is 1.97 bits per heavy atom. The third-order valence-electron chi connectivity index (χ3n) is 5.56. The first-order valence-corrected chi connectivity index (χ1v) is 11.3. The predicted molar refractivity (Wildman–Crippen MR) is 116 cm³/mol. The minimum absolute atomic E-state index is 0.0541. The Morgan fingerprint density at radius 1 is 1.19 bits per heavy atom. The lowest BCUT2D eigenvalue weighted by molar-refractivity contribution is -0.137. The molecule has 1 aliphatic heterocycles. The molecule has 3 N–H and O–H groups in total. The van der Waals surface area contributed by atoms with Gasteiger partial charge in [-0.1, -0.05) is 18.9 Å². The molecule has 0 saturated heterocycles. The normalized spacial score (nSPS) is 17.1. The molecule has 4 rings (SSSR count). The van der Waals surface area contributed by atoms with Crippen molar-refractivity contribution in [1.82, 2.24) is 15.2 Å². The number of carbonyl (C=O) groups is 2. The van der Waals surface area contributed by atoms with Crippen molar-refractivity contribution in [2.45, 2.75) is 50.9 Å². The zero-order chi connectivity index (χ0) is 22.7. The number of anilines is 2. The third-order valence-corrected chi connectivity index (χ3v) is 6.56. The van der Waals surface area contributed by atoms with Gasteiger partial charge in [-0.15, -0.1) is 11.3 Å². The van der Waals surface area contributed by atoms with Gasteiger partial charge in [0.15, 0.2) is 5.13 Å². The summed E-state index contributed by atoms with van der Waals surface area (Å²) < 4.78 is 38.5. The molecule has 7 nitrogen and oxygen atoms in total. The molecule has 0 atom stereocenters. The van der Waals surface area contributed by atoms with Crippen LogP contribution >= 0.6 is 11.3 Å². The fraction of sp³-hybridized carbons (Fsp3) is 0.476. The van der Waals surface area contributed by atoms with Crippen molar-refractivity contribution >= 4 is 34.1 Å². The molecular formula is C21H24F3N5O2S. The van der Waals surface area contributed by atoms with Crippen molar-refractivity contribution in [2.75, 3.05) is 23.7 Å². The van der Waals surface area contributed by atoms with Crippen LogP contribution in [0.1, 0.15) is 41.8 Å². The fourth-order valence-electron chi connectivity index (χ4n) is 4.00. The highest BCUT2D eigenvalue weighted by molar-refractivity contribution is 7.15. The average molecular weight is 468 g/mol. The van der Waals surface area contributed by atoms with E-state index in [0.717, 1.165) is 48.4 Å². The summed E-state index contributed by atoms with van der Waals surface area (Å²) in [6.07, 6.45) is 0.435. The van der Waals surface area contributed by atoms with Crippen molar-refractivity contribution in [3.05, 3.63) is 40.4 Å². The summed E-state index contributed by atoms with van der Waals surface area (Å²) in [5.41, 5.74) is 0.209. The van der Waals surface area contributed by atoms with Gasteiger partial charge in [0.05, 0.1) is 17.8 Å². The van der Waals surface area contributed by atoms with E-state index in [4.69, 9.17) is 0 Å². The largest absolute Gasteiger partial charge is 0.416 e. The highest BCUT2D eigenvalue weighted by Crippen LogP contribution is 2.31. The fourth-order valence-corrected chi connectivity index (χ4v) is 5.05. The molecule has 1 saturated carbocycles. The number of nitrogens with one attached hydrogen (secondary N) is 3. The van der Waals surface area contributed by atoms with E-state index < -0.39 is 11.7 Å². The molecule has 0 unspecified atom stereocenters. The Balaban J connectivity index is 1.29. The van der Waals surface area contributed by atoms with E-state index in [-0.39, 0.29) is 30.2 Å². The summed E-state index contributed by atoms with van der Waals surface area (Å²) in [4.78, 5) is 31.9. The van der Waals surface area contributed by atoms with Crippen LogP contribution in [0.4, 0.5) is 28.8 Å². The summed E-state index contributed by atoms with van der Waals surface area (Å²) in [7, 11) is 0. The topological polar surface area (TPSA) is 86.4 Å². The molecule has 0 bridgehead atoms. The van der Waals surface area contributed by atoms with Gasteiger partial charge in [-0.3, -0.25) is 15.0 Å². The van der Waals surface area contributed by atoms with Crippen LogP contribution in [-0.2, 0) is 23.9 Å². The van der Waals surface area contributed by atoms with Crippen LogP contribution in [0, 0.1) is 0 Å². The second-order valence-electron chi connectivity index (χ2n) is 8.06. The number of rotatable bonds is 5. The maximum absolute atomic E-state index is 12.8. The SMILES string of the molecule is O=C(CN1CCc2nc(NC(=O)NC3CCCC3)sc2C1)Nc1cccc(C(F)(F)F)c1. The Bertz CT molecular complexity index is 988. The predicted octanol–water partition coefficient (Wildman–Crippen LogP) is 4.22. The Kier molecular flexibility index (Phi) is 6.66. The van der Waals surface area contributed by atoms with E-state index in [1.165, 1.54) is 23.5 Å². The van der Waals surface area contributed by atoms with Gasteiger partial charge in [-0.05, 0) is 31.0 Å². The monoisotopic (exact) mass is 467 g/mol. The van der Waals surface area contributed by atoms with Gasteiger partial charge in [-0.2, -0.15) is 13.2 Å². The second kappa shape index (κ2) is 9.45. The van der Waals surface area contributed by atoms with Crippen LogP contribution in [0.5, 0.6) is 0 Å². The van der Waals surface area contributed by atoms with E-state index >= 15 is 0 Å². The van der Waals surface area contributed by atoms with Gasteiger partial charge >= 0.3 is 12.2 Å². The van der Waals surface area contributed by atoms with Crippen molar-refractivity contribution in [2.24, 2.45) is 0 Å². The molecule has 32 heavy (non-hydrogen) atoms. The van der Waals surface area contributed by atoms with Crippen molar-refractivity contribution in [3.63, 3.8) is 0 Å². The number of halogens is 3. The van der Waals surface area contributed by atoms with Crippen LogP contribution in [0.2, 0.25) is 0 Å². The summed E-state index contributed by atoms with van der Waals surface area (Å²) in [6.45, 7) is 1.15. The Hall–Kier alpha value is -2.66. The number of benzene rings is 1. The van der Waals surface area contributed by atoms with Crippen molar-refractivity contribution in [1.29, 1.82) is 0 Å². The molecule has 1 aromatic carbocycles. The quantitative estimate of drug-likeness (QED) is 0.615. The highest BCUT2D eigenvalue weighted by Gasteiger charge is 2.30.